The van der Waals surface area contributed by atoms with Crippen LogP contribution in [0.1, 0.15) is 11.1 Å². The standard InChI is InChI=1S/C13H10F5N3/c14-9-5-10(15)12(21-11(9)19)20-6-7-2-1-3-8(4-7)13(16,17)18/h1-5H,6H2,(H3,19,20,21). The van der Waals surface area contributed by atoms with Crippen molar-refractivity contribution in [1.29, 1.82) is 0 Å². The van der Waals surface area contributed by atoms with Crippen LogP contribution in [0.25, 0.3) is 0 Å². The predicted octanol–water partition coefficient (Wildman–Crippen LogP) is 3.57. The lowest BCUT2D eigenvalue weighted by molar-refractivity contribution is -0.137. The number of halogens is 5. The first-order valence-corrected chi connectivity index (χ1v) is 5.79. The van der Waals surface area contributed by atoms with E-state index >= 15 is 0 Å². The van der Waals surface area contributed by atoms with E-state index in [2.05, 4.69) is 10.3 Å². The highest BCUT2D eigenvalue weighted by atomic mass is 19.4. The molecule has 2 rings (SSSR count). The number of benzene rings is 1. The van der Waals surface area contributed by atoms with Crippen LogP contribution in [0.4, 0.5) is 33.6 Å². The highest BCUT2D eigenvalue weighted by molar-refractivity contribution is 5.45. The number of nitrogens with one attached hydrogen (secondary N) is 1. The zero-order valence-corrected chi connectivity index (χ0v) is 10.5. The van der Waals surface area contributed by atoms with Gasteiger partial charge in [0.15, 0.2) is 23.3 Å². The smallest absolute Gasteiger partial charge is 0.381 e. The van der Waals surface area contributed by atoms with Crippen molar-refractivity contribution in [3.8, 4) is 0 Å². The van der Waals surface area contributed by atoms with Crippen molar-refractivity contribution >= 4 is 11.6 Å². The number of hydrogen-bond donors (Lipinski definition) is 2. The summed E-state index contributed by atoms with van der Waals surface area (Å²) in [5.41, 5.74) is 4.66. The Hall–Kier alpha value is -2.38. The maximum atomic E-state index is 13.4. The van der Waals surface area contributed by atoms with Gasteiger partial charge in [-0.1, -0.05) is 12.1 Å². The van der Waals surface area contributed by atoms with Gasteiger partial charge in [0.05, 0.1) is 5.56 Å². The molecule has 0 saturated carbocycles. The number of hydrogen-bond acceptors (Lipinski definition) is 3. The Kier molecular flexibility index (Phi) is 3.97. The summed E-state index contributed by atoms with van der Waals surface area (Å²) in [5, 5.41) is 2.48. The highest BCUT2D eigenvalue weighted by Crippen LogP contribution is 2.29. The van der Waals surface area contributed by atoms with Gasteiger partial charge < -0.3 is 11.1 Å². The van der Waals surface area contributed by atoms with Crippen molar-refractivity contribution in [2.75, 3.05) is 11.1 Å². The van der Waals surface area contributed by atoms with Gasteiger partial charge in [-0.25, -0.2) is 13.8 Å². The molecule has 0 spiro atoms. The quantitative estimate of drug-likeness (QED) is 0.852. The van der Waals surface area contributed by atoms with Crippen LogP contribution in [0.5, 0.6) is 0 Å². The normalized spacial score (nSPS) is 11.5. The lowest BCUT2D eigenvalue weighted by atomic mass is 10.1. The summed E-state index contributed by atoms with van der Waals surface area (Å²) in [4.78, 5) is 3.45. The van der Waals surface area contributed by atoms with Crippen LogP contribution in [-0.2, 0) is 12.7 Å². The first-order valence-electron chi connectivity index (χ1n) is 5.79. The number of aromatic nitrogens is 1. The molecule has 1 heterocycles. The SMILES string of the molecule is Nc1nc(NCc2cccc(C(F)(F)F)c2)c(F)cc1F. The van der Waals surface area contributed by atoms with Crippen LogP contribution in [-0.4, -0.2) is 4.98 Å². The molecule has 21 heavy (non-hydrogen) atoms. The lowest BCUT2D eigenvalue weighted by Gasteiger charge is -2.10. The van der Waals surface area contributed by atoms with Crippen LogP contribution in [0.3, 0.4) is 0 Å². The van der Waals surface area contributed by atoms with Crippen LogP contribution < -0.4 is 11.1 Å². The van der Waals surface area contributed by atoms with E-state index in [4.69, 9.17) is 5.73 Å². The second-order valence-corrected chi connectivity index (χ2v) is 4.24. The molecule has 0 aliphatic carbocycles. The minimum Gasteiger partial charge on any atom is -0.381 e. The summed E-state index contributed by atoms with van der Waals surface area (Å²) in [7, 11) is 0. The molecule has 0 aliphatic rings. The Labute approximate surface area is 116 Å². The van der Waals surface area contributed by atoms with E-state index < -0.39 is 29.2 Å². The van der Waals surface area contributed by atoms with E-state index in [0.717, 1.165) is 12.1 Å². The predicted molar refractivity (Wildman–Crippen MR) is 67.3 cm³/mol. The molecular weight excluding hydrogens is 293 g/mol. The van der Waals surface area contributed by atoms with Gasteiger partial charge in [0, 0.05) is 12.6 Å². The molecule has 1 aromatic carbocycles. The Bertz CT molecular complexity index is 655. The summed E-state index contributed by atoms with van der Waals surface area (Å²) in [6, 6.07) is 5.09. The van der Waals surface area contributed by atoms with Crippen molar-refractivity contribution < 1.29 is 22.0 Å². The summed E-state index contributed by atoms with van der Waals surface area (Å²) in [5.74, 6) is -2.81. The largest absolute Gasteiger partial charge is 0.416 e. The van der Waals surface area contributed by atoms with Gasteiger partial charge in [-0.05, 0) is 17.7 Å². The maximum absolute atomic E-state index is 13.4. The second-order valence-electron chi connectivity index (χ2n) is 4.24. The average molecular weight is 303 g/mol. The first-order chi connectivity index (χ1) is 9.77. The van der Waals surface area contributed by atoms with Crippen molar-refractivity contribution in [2.45, 2.75) is 12.7 Å². The van der Waals surface area contributed by atoms with Gasteiger partial charge in [-0.2, -0.15) is 13.2 Å². The third-order valence-electron chi connectivity index (χ3n) is 2.67. The number of nitrogens with two attached hydrogens (primary N) is 1. The number of nitrogen functional groups attached to an aromatic ring is 1. The molecule has 8 heteroatoms. The fourth-order valence-corrected chi connectivity index (χ4v) is 1.65. The number of rotatable bonds is 3. The monoisotopic (exact) mass is 303 g/mol. The first kappa shape index (κ1) is 15.0. The summed E-state index contributed by atoms with van der Waals surface area (Å²) < 4.78 is 64.0. The highest BCUT2D eigenvalue weighted by Gasteiger charge is 2.30. The number of alkyl halides is 3. The van der Waals surface area contributed by atoms with E-state index in [1.807, 2.05) is 0 Å². The Morgan fingerprint density at radius 3 is 2.48 bits per heavy atom. The average Bonchev–Trinajstić information content (AvgIpc) is 2.41. The fraction of sp³-hybridized carbons (Fsp3) is 0.154. The van der Waals surface area contributed by atoms with Crippen molar-refractivity contribution in [3.63, 3.8) is 0 Å². The van der Waals surface area contributed by atoms with Crippen LogP contribution >= 0.6 is 0 Å². The van der Waals surface area contributed by atoms with Gasteiger partial charge in [-0.15, -0.1) is 0 Å². The Morgan fingerprint density at radius 2 is 1.81 bits per heavy atom. The van der Waals surface area contributed by atoms with Gasteiger partial charge in [0.1, 0.15) is 0 Å². The third kappa shape index (κ3) is 3.59. The summed E-state index contributed by atoms with van der Waals surface area (Å²) in [6.45, 7) is -0.112. The van der Waals surface area contributed by atoms with Crippen molar-refractivity contribution in [1.82, 2.24) is 4.98 Å². The zero-order chi connectivity index (χ0) is 15.6. The fourth-order valence-electron chi connectivity index (χ4n) is 1.65. The van der Waals surface area contributed by atoms with Crippen LogP contribution in [0.2, 0.25) is 0 Å². The molecule has 0 bridgehead atoms. The molecule has 0 amide bonds. The number of nitrogens with zero attached hydrogens (tertiary/aromatic N) is 1. The molecule has 112 valence electrons. The van der Waals surface area contributed by atoms with E-state index in [9.17, 15) is 22.0 Å². The van der Waals surface area contributed by atoms with Gasteiger partial charge >= 0.3 is 6.18 Å². The molecule has 1 aromatic heterocycles. The van der Waals surface area contributed by atoms with Crippen LogP contribution in [0.15, 0.2) is 30.3 Å². The molecule has 0 saturated heterocycles. The van der Waals surface area contributed by atoms with Gasteiger partial charge in [-0.3, -0.25) is 0 Å². The zero-order valence-electron chi connectivity index (χ0n) is 10.5. The molecular formula is C13H10F5N3. The van der Waals surface area contributed by atoms with Gasteiger partial charge in [0.25, 0.3) is 0 Å². The second kappa shape index (κ2) is 5.55. The van der Waals surface area contributed by atoms with E-state index in [-0.39, 0.29) is 17.9 Å². The van der Waals surface area contributed by atoms with Crippen LogP contribution in [0, 0.1) is 11.6 Å². The van der Waals surface area contributed by atoms with E-state index in [1.165, 1.54) is 12.1 Å². The van der Waals surface area contributed by atoms with E-state index in [1.54, 1.807) is 0 Å². The molecule has 3 nitrogen and oxygen atoms in total. The minimum absolute atomic E-state index is 0.112. The third-order valence-corrected chi connectivity index (χ3v) is 2.67. The molecule has 0 unspecified atom stereocenters. The number of pyridine rings is 1. The molecule has 0 atom stereocenters. The lowest BCUT2D eigenvalue weighted by Crippen LogP contribution is -2.09. The van der Waals surface area contributed by atoms with Crippen molar-refractivity contribution in [2.24, 2.45) is 0 Å². The molecule has 0 radical (unpaired) electrons. The summed E-state index contributed by atoms with van der Waals surface area (Å²) in [6.07, 6.45) is -4.46. The van der Waals surface area contributed by atoms with Crippen molar-refractivity contribution in [3.05, 3.63) is 53.1 Å². The Balaban J connectivity index is 2.15. The molecule has 2 aromatic rings. The molecule has 0 fully saturated rings. The van der Waals surface area contributed by atoms with E-state index in [0.29, 0.717) is 6.07 Å². The molecule has 0 aliphatic heterocycles. The topological polar surface area (TPSA) is 50.9 Å². The Morgan fingerprint density at radius 1 is 1.10 bits per heavy atom. The summed E-state index contributed by atoms with van der Waals surface area (Å²) >= 11 is 0. The maximum Gasteiger partial charge on any atom is 0.416 e. The molecule has 3 N–H and O–H groups in total. The number of anilines is 2. The minimum atomic E-state index is -4.46. The van der Waals surface area contributed by atoms with Gasteiger partial charge in [0.2, 0.25) is 0 Å².